The highest BCUT2D eigenvalue weighted by Crippen LogP contribution is 2.17. The third-order valence-corrected chi connectivity index (χ3v) is 2.58. The third-order valence-electron chi connectivity index (χ3n) is 2.06. The summed E-state index contributed by atoms with van der Waals surface area (Å²) in [6.45, 7) is 1.39. The standard InChI is InChI=1S/C9H11N3O4S/c1-5(13)3-4-6(14)12(2)8-7(9(15)16)10-17-11-8/h3-4H2,1-2H3,(H,15,16). The highest BCUT2D eigenvalue weighted by atomic mass is 32.1. The van der Waals surface area contributed by atoms with Gasteiger partial charge in [-0.05, 0) is 6.92 Å². The van der Waals surface area contributed by atoms with Crippen molar-refractivity contribution in [2.45, 2.75) is 19.8 Å². The number of ketones is 1. The predicted molar refractivity (Wildman–Crippen MR) is 60.2 cm³/mol. The lowest BCUT2D eigenvalue weighted by atomic mass is 10.2. The fraction of sp³-hybridized carbons (Fsp3) is 0.444. The number of nitrogens with zero attached hydrogens (tertiary/aromatic N) is 3. The van der Waals surface area contributed by atoms with E-state index in [4.69, 9.17) is 5.11 Å². The van der Waals surface area contributed by atoms with Gasteiger partial charge in [0, 0.05) is 19.9 Å². The molecule has 0 aromatic carbocycles. The number of hydrogen-bond acceptors (Lipinski definition) is 6. The van der Waals surface area contributed by atoms with Gasteiger partial charge < -0.3 is 9.90 Å². The van der Waals surface area contributed by atoms with Gasteiger partial charge >= 0.3 is 5.97 Å². The topological polar surface area (TPSA) is 100 Å². The Balaban J connectivity index is 2.78. The number of carboxylic acids is 1. The highest BCUT2D eigenvalue weighted by molar-refractivity contribution is 6.99. The molecule has 17 heavy (non-hydrogen) atoms. The molecular formula is C9H11N3O4S. The first-order chi connectivity index (χ1) is 7.93. The van der Waals surface area contributed by atoms with Crippen molar-refractivity contribution in [3.05, 3.63) is 5.69 Å². The maximum Gasteiger partial charge on any atom is 0.359 e. The van der Waals surface area contributed by atoms with Crippen LogP contribution in [0.4, 0.5) is 5.82 Å². The van der Waals surface area contributed by atoms with Crippen LogP contribution in [0.25, 0.3) is 0 Å². The quantitative estimate of drug-likeness (QED) is 0.827. The summed E-state index contributed by atoms with van der Waals surface area (Å²) in [4.78, 5) is 34.3. The molecule has 1 N–H and O–H groups in total. The fourth-order valence-electron chi connectivity index (χ4n) is 1.11. The van der Waals surface area contributed by atoms with Crippen LogP contribution in [0, 0.1) is 0 Å². The second-order valence-electron chi connectivity index (χ2n) is 3.40. The zero-order valence-electron chi connectivity index (χ0n) is 9.34. The van der Waals surface area contributed by atoms with Gasteiger partial charge in [0.2, 0.25) is 11.6 Å². The number of aromatic nitrogens is 2. The Morgan fingerprint density at radius 2 is 1.94 bits per heavy atom. The van der Waals surface area contributed by atoms with Crippen LogP contribution in [-0.2, 0) is 9.59 Å². The van der Waals surface area contributed by atoms with Crippen molar-refractivity contribution >= 4 is 35.2 Å². The first kappa shape index (κ1) is 13.2. The van der Waals surface area contributed by atoms with Crippen molar-refractivity contribution in [1.29, 1.82) is 0 Å². The van der Waals surface area contributed by atoms with E-state index in [1.165, 1.54) is 14.0 Å². The van der Waals surface area contributed by atoms with Crippen molar-refractivity contribution in [1.82, 2.24) is 8.75 Å². The lowest BCUT2D eigenvalue weighted by molar-refractivity contribution is -0.122. The minimum absolute atomic E-state index is 0.0102. The number of anilines is 1. The molecule has 1 heterocycles. The summed E-state index contributed by atoms with van der Waals surface area (Å²) in [7, 11) is 1.41. The van der Waals surface area contributed by atoms with Gasteiger partial charge in [0.1, 0.15) is 5.78 Å². The number of aromatic carboxylic acids is 1. The van der Waals surface area contributed by atoms with Crippen molar-refractivity contribution in [2.24, 2.45) is 0 Å². The Bertz CT molecular complexity index is 457. The molecule has 0 fully saturated rings. The van der Waals surface area contributed by atoms with E-state index in [2.05, 4.69) is 8.75 Å². The van der Waals surface area contributed by atoms with E-state index in [0.717, 1.165) is 16.6 Å². The van der Waals surface area contributed by atoms with Gasteiger partial charge in [0.25, 0.3) is 0 Å². The lowest BCUT2D eigenvalue weighted by Gasteiger charge is -2.13. The number of carbonyl (C=O) groups excluding carboxylic acids is 2. The molecule has 1 aromatic rings. The van der Waals surface area contributed by atoms with E-state index in [9.17, 15) is 14.4 Å². The Morgan fingerprint density at radius 3 is 2.47 bits per heavy atom. The molecule has 0 aliphatic carbocycles. The largest absolute Gasteiger partial charge is 0.476 e. The average Bonchev–Trinajstić information content (AvgIpc) is 2.73. The SMILES string of the molecule is CC(=O)CCC(=O)N(C)c1nsnc1C(=O)O. The summed E-state index contributed by atoms with van der Waals surface area (Å²) >= 11 is 0.723. The van der Waals surface area contributed by atoms with Crippen LogP contribution in [-0.4, -0.2) is 38.6 Å². The van der Waals surface area contributed by atoms with Crippen LogP contribution < -0.4 is 4.90 Å². The van der Waals surface area contributed by atoms with Crippen molar-refractivity contribution in [2.75, 3.05) is 11.9 Å². The number of carbonyl (C=O) groups is 3. The third kappa shape index (κ3) is 3.31. The Kier molecular flexibility index (Phi) is 4.27. The van der Waals surface area contributed by atoms with E-state index in [0.29, 0.717) is 0 Å². The van der Waals surface area contributed by atoms with Crippen LogP contribution in [0.15, 0.2) is 0 Å². The molecular weight excluding hydrogens is 246 g/mol. The maximum absolute atomic E-state index is 11.6. The van der Waals surface area contributed by atoms with Crippen LogP contribution in [0.2, 0.25) is 0 Å². The summed E-state index contributed by atoms with van der Waals surface area (Å²) in [5, 5.41) is 8.82. The van der Waals surface area contributed by atoms with Gasteiger partial charge in [-0.2, -0.15) is 8.75 Å². The van der Waals surface area contributed by atoms with Gasteiger partial charge in [-0.1, -0.05) is 0 Å². The van der Waals surface area contributed by atoms with Crippen LogP contribution in [0.1, 0.15) is 30.3 Å². The van der Waals surface area contributed by atoms with Crippen molar-refractivity contribution in [3.63, 3.8) is 0 Å². The summed E-state index contributed by atoms with van der Waals surface area (Å²) < 4.78 is 7.34. The minimum Gasteiger partial charge on any atom is -0.476 e. The molecule has 8 heteroatoms. The number of amides is 1. The fourth-order valence-corrected chi connectivity index (χ4v) is 1.68. The summed E-state index contributed by atoms with van der Waals surface area (Å²) in [5.74, 6) is -1.69. The molecule has 1 aromatic heterocycles. The van der Waals surface area contributed by atoms with Gasteiger partial charge in [0.15, 0.2) is 5.82 Å². The molecule has 0 atom stereocenters. The summed E-state index contributed by atoms with van der Waals surface area (Å²) in [5.41, 5.74) is -0.256. The number of carboxylic acid groups (broad SMARTS) is 1. The number of rotatable bonds is 5. The second kappa shape index (κ2) is 5.48. The van der Waals surface area contributed by atoms with E-state index in [1.807, 2.05) is 0 Å². The molecule has 0 saturated heterocycles. The molecule has 0 aliphatic heterocycles. The molecule has 92 valence electrons. The zero-order chi connectivity index (χ0) is 13.0. The normalized spacial score (nSPS) is 10.0. The summed E-state index contributed by atoms with van der Waals surface area (Å²) in [6.07, 6.45) is 0.158. The maximum atomic E-state index is 11.6. The number of Topliss-reactive ketones (excluding diaryl/α,β-unsaturated/α-hetero) is 1. The van der Waals surface area contributed by atoms with Crippen molar-refractivity contribution in [3.8, 4) is 0 Å². The number of hydrogen-bond donors (Lipinski definition) is 1. The van der Waals surface area contributed by atoms with E-state index >= 15 is 0 Å². The first-order valence-corrected chi connectivity index (χ1v) is 5.48. The lowest BCUT2D eigenvalue weighted by Crippen LogP contribution is -2.28. The molecule has 0 aliphatic rings. The Hall–Kier alpha value is -1.83. The molecule has 0 unspecified atom stereocenters. The van der Waals surface area contributed by atoms with Gasteiger partial charge in [-0.3, -0.25) is 9.69 Å². The molecule has 0 saturated carbocycles. The molecule has 1 rings (SSSR count). The monoisotopic (exact) mass is 257 g/mol. The highest BCUT2D eigenvalue weighted by Gasteiger charge is 2.22. The van der Waals surface area contributed by atoms with Crippen LogP contribution >= 0.6 is 11.7 Å². The van der Waals surface area contributed by atoms with Gasteiger partial charge in [-0.25, -0.2) is 4.79 Å². The Labute approximate surface area is 101 Å². The molecule has 7 nitrogen and oxygen atoms in total. The molecule has 1 amide bonds. The van der Waals surface area contributed by atoms with Crippen LogP contribution in [0.3, 0.4) is 0 Å². The molecule has 0 spiro atoms. The minimum atomic E-state index is -1.24. The van der Waals surface area contributed by atoms with Crippen molar-refractivity contribution < 1.29 is 19.5 Å². The van der Waals surface area contributed by atoms with E-state index < -0.39 is 5.97 Å². The predicted octanol–water partition coefficient (Wildman–Crippen LogP) is 0.568. The molecule has 0 radical (unpaired) electrons. The van der Waals surface area contributed by atoms with E-state index in [1.54, 1.807) is 0 Å². The summed E-state index contributed by atoms with van der Waals surface area (Å²) in [6, 6.07) is 0. The average molecular weight is 257 g/mol. The van der Waals surface area contributed by atoms with E-state index in [-0.39, 0.29) is 36.0 Å². The first-order valence-electron chi connectivity index (χ1n) is 4.75. The second-order valence-corrected chi connectivity index (χ2v) is 3.92. The molecule has 0 bridgehead atoms. The van der Waals surface area contributed by atoms with Crippen LogP contribution in [0.5, 0.6) is 0 Å². The van der Waals surface area contributed by atoms with Gasteiger partial charge in [-0.15, -0.1) is 0 Å². The zero-order valence-corrected chi connectivity index (χ0v) is 10.2. The van der Waals surface area contributed by atoms with Gasteiger partial charge in [0.05, 0.1) is 11.7 Å². The smallest absolute Gasteiger partial charge is 0.359 e. The Morgan fingerprint density at radius 1 is 1.29 bits per heavy atom.